The first-order chi connectivity index (χ1) is 7.86. The van der Waals surface area contributed by atoms with Gasteiger partial charge in [-0.15, -0.1) is 0 Å². The molecule has 1 unspecified atom stereocenters. The predicted molar refractivity (Wildman–Crippen MR) is 62.6 cm³/mol. The number of ether oxygens (including phenoxy) is 2. The molecule has 0 aromatic heterocycles. The van der Waals surface area contributed by atoms with Gasteiger partial charge in [0.15, 0.2) is 6.29 Å². The molecule has 1 aromatic rings. The van der Waals surface area contributed by atoms with Gasteiger partial charge in [0.2, 0.25) is 0 Å². The number of hydrogen-bond acceptors (Lipinski definition) is 3. The molecule has 3 nitrogen and oxygen atoms in total. The van der Waals surface area contributed by atoms with Crippen LogP contribution in [0.3, 0.4) is 0 Å². The fraction of sp³-hybridized carbons (Fsp3) is 0.462. The van der Waals surface area contributed by atoms with Crippen molar-refractivity contribution in [1.29, 1.82) is 0 Å². The van der Waals surface area contributed by atoms with E-state index in [0.29, 0.717) is 6.61 Å². The Kier molecular flexibility index (Phi) is 6.26. The largest absolute Gasteiger partial charge is 0.494 e. The van der Waals surface area contributed by atoms with Crippen LogP contribution in [0, 0.1) is 0 Å². The fourth-order valence-electron chi connectivity index (χ4n) is 0.985. The monoisotopic (exact) mass is 222 g/mol. The zero-order valence-electron chi connectivity index (χ0n) is 9.59. The molecule has 0 bridgehead atoms. The lowest BCUT2D eigenvalue weighted by molar-refractivity contribution is -0.108. The molecular formula is C13H18O3. The molecule has 1 heterocycles. The Balaban J connectivity index is 0.000000212. The maximum absolute atomic E-state index is 9.44. The van der Waals surface area contributed by atoms with Gasteiger partial charge in [-0.25, -0.2) is 0 Å². The van der Waals surface area contributed by atoms with E-state index in [4.69, 9.17) is 4.74 Å². The summed E-state index contributed by atoms with van der Waals surface area (Å²) in [5.74, 6) is 0.973. The van der Waals surface area contributed by atoms with Crippen molar-refractivity contribution in [3.63, 3.8) is 0 Å². The number of benzene rings is 1. The van der Waals surface area contributed by atoms with Gasteiger partial charge in [-0.2, -0.15) is 0 Å². The number of epoxide rings is 1. The van der Waals surface area contributed by atoms with Crippen molar-refractivity contribution in [3.05, 3.63) is 30.3 Å². The highest BCUT2D eigenvalue weighted by Gasteiger charge is 2.19. The Morgan fingerprint density at radius 2 is 2.12 bits per heavy atom. The van der Waals surface area contributed by atoms with Gasteiger partial charge in [-0.05, 0) is 18.6 Å². The molecule has 88 valence electrons. The van der Waals surface area contributed by atoms with Crippen molar-refractivity contribution in [2.45, 2.75) is 25.9 Å². The van der Waals surface area contributed by atoms with Crippen molar-refractivity contribution < 1.29 is 14.3 Å². The molecule has 0 aliphatic carbocycles. The van der Waals surface area contributed by atoms with Crippen LogP contribution in [0.5, 0.6) is 5.75 Å². The average molecular weight is 222 g/mol. The van der Waals surface area contributed by atoms with Crippen LogP contribution in [-0.4, -0.2) is 25.6 Å². The van der Waals surface area contributed by atoms with Crippen LogP contribution >= 0.6 is 0 Å². The minimum Gasteiger partial charge on any atom is -0.494 e. The van der Waals surface area contributed by atoms with E-state index in [1.807, 2.05) is 30.3 Å². The third-order valence-corrected chi connectivity index (χ3v) is 2.02. The highest BCUT2D eigenvalue weighted by molar-refractivity contribution is 5.58. The third-order valence-electron chi connectivity index (χ3n) is 2.02. The van der Waals surface area contributed by atoms with Crippen molar-refractivity contribution in [2.75, 3.05) is 13.2 Å². The van der Waals surface area contributed by atoms with E-state index in [1.54, 1.807) is 0 Å². The molecular weight excluding hydrogens is 204 g/mol. The molecule has 1 saturated heterocycles. The van der Waals surface area contributed by atoms with Crippen LogP contribution in [0.1, 0.15) is 19.8 Å². The number of rotatable bonds is 5. The molecule has 3 heteroatoms. The van der Waals surface area contributed by atoms with E-state index in [-0.39, 0.29) is 6.10 Å². The average Bonchev–Trinajstić information content (AvgIpc) is 3.15. The molecule has 0 spiro atoms. The maximum atomic E-state index is 9.44. The van der Waals surface area contributed by atoms with Gasteiger partial charge < -0.3 is 14.3 Å². The Morgan fingerprint density at radius 3 is 2.56 bits per heavy atom. The van der Waals surface area contributed by atoms with E-state index < -0.39 is 0 Å². The molecule has 16 heavy (non-hydrogen) atoms. The summed E-state index contributed by atoms with van der Waals surface area (Å²) in [7, 11) is 0. The van der Waals surface area contributed by atoms with Crippen LogP contribution in [0.2, 0.25) is 0 Å². The van der Waals surface area contributed by atoms with Crippen molar-refractivity contribution >= 4 is 6.29 Å². The second-order valence-electron chi connectivity index (χ2n) is 3.52. The van der Waals surface area contributed by atoms with E-state index in [2.05, 4.69) is 11.7 Å². The SMILES string of the molecule is CCCCOc1ccccc1.O=CC1CO1. The lowest BCUT2D eigenvalue weighted by Gasteiger charge is -2.03. The summed E-state index contributed by atoms with van der Waals surface area (Å²) in [4.78, 5) is 9.44. The molecule has 1 fully saturated rings. The second kappa shape index (κ2) is 7.88. The first kappa shape index (κ1) is 12.7. The fourth-order valence-corrected chi connectivity index (χ4v) is 0.985. The molecule has 1 aliphatic heterocycles. The summed E-state index contributed by atoms with van der Waals surface area (Å²) in [6, 6.07) is 9.93. The quantitative estimate of drug-likeness (QED) is 0.436. The van der Waals surface area contributed by atoms with Gasteiger partial charge in [-0.3, -0.25) is 0 Å². The maximum Gasteiger partial charge on any atom is 0.151 e. The Labute approximate surface area is 96.4 Å². The van der Waals surface area contributed by atoms with Gasteiger partial charge in [0.25, 0.3) is 0 Å². The molecule has 2 rings (SSSR count). The normalized spacial score (nSPS) is 16.9. The molecule has 0 N–H and O–H groups in total. The predicted octanol–water partition coefficient (Wildman–Crippen LogP) is 2.45. The minimum atomic E-state index is -0.0463. The van der Waals surface area contributed by atoms with Crippen LogP contribution in [0.4, 0.5) is 0 Å². The summed E-state index contributed by atoms with van der Waals surface area (Å²) >= 11 is 0. The molecule has 0 saturated carbocycles. The summed E-state index contributed by atoms with van der Waals surface area (Å²) in [5, 5.41) is 0. The van der Waals surface area contributed by atoms with Crippen LogP contribution < -0.4 is 4.74 Å². The Hall–Kier alpha value is -1.35. The van der Waals surface area contributed by atoms with Crippen molar-refractivity contribution in [2.24, 2.45) is 0 Å². The molecule has 1 atom stereocenters. The summed E-state index contributed by atoms with van der Waals surface area (Å²) in [5.41, 5.74) is 0. The number of unbranched alkanes of at least 4 members (excludes halogenated alkanes) is 1. The van der Waals surface area contributed by atoms with Gasteiger partial charge in [0, 0.05) is 0 Å². The zero-order valence-corrected chi connectivity index (χ0v) is 9.59. The Bertz CT molecular complexity index is 280. The molecule has 0 amide bonds. The highest BCUT2D eigenvalue weighted by Crippen LogP contribution is 2.08. The number of carbonyl (C=O) groups is 1. The topological polar surface area (TPSA) is 38.8 Å². The van der Waals surface area contributed by atoms with Crippen LogP contribution in [0.25, 0.3) is 0 Å². The molecule has 1 aliphatic rings. The van der Waals surface area contributed by atoms with E-state index in [1.165, 1.54) is 6.42 Å². The summed E-state index contributed by atoms with van der Waals surface area (Å²) < 4.78 is 9.94. The van der Waals surface area contributed by atoms with Crippen molar-refractivity contribution in [3.8, 4) is 5.75 Å². The smallest absolute Gasteiger partial charge is 0.151 e. The highest BCUT2D eigenvalue weighted by atomic mass is 16.6. The van der Waals surface area contributed by atoms with Gasteiger partial charge >= 0.3 is 0 Å². The van der Waals surface area contributed by atoms with E-state index >= 15 is 0 Å². The van der Waals surface area contributed by atoms with E-state index in [9.17, 15) is 4.79 Å². The van der Waals surface area contributed by atoms with Crippen LogP contribution in [0.15, 0.2) is 30.3 Å². The number of para-hydroxylation sites is 1. The van der Waals surface area contributed by atoms with Gasteiger partial charge in [0.1, 0.15) is 11.9 Å². The number of hydrogen-bond donors (Lipinski definition) is 0. The third kappa shape index (κ3) is 6.19. The minimum absolute atomic E-state index is 0.0463. The Morgan fingerprint density at radius 1 is 1.44 bits per heavy atom. The lowest BCUT2D eigenvalue weighted by Crippen LogP contribution is -1.95. The lowest BCUT2D eigenvalue weighted by atomic mass is 10.3. The summed E-state index contributed by atoms with van der Waals surface area (Å²) in [6.45, 7) is 3.64. The zero-order chi connectivity index (χ0) is 11.6. The van der Waals surface area contributed by atoms with E-state index in [0.717, 1.165) is 25.1 Å². The number of carbonyl (C=O) groups excluding carboxylic acids is 1. The first-order valence-corrected chi connectivity index (χ1v) is 5.61. The van der Waals surface area contributed by atoms with Gasteiger partial charge in [0.05, 0.1) is 13.2 Å². The molecule has 1 aromatic carbocycles. The van der Waals surface area contributed by atoms with Crippen LogP contribution in [-0.2, 0) is 9.53 Å². The summed E-state index contributed by atoms with van der Waals surface area (Å²) in [6.07, 6.45) is 3.08. The second-order valence-corrected chi connectivity index (χ2v) is 3.52. The first-order valence-electron chi connectivity index (χ1n) is 5.61. The molecule has 0 radical (unpaired) electrons. The number of aldehydes is 1. The van der Waals surface area contributed by atoms with Crippen molar-refractivity contribution in [1.82, 2.24) is 0 Å². The standard InChI is InChI=1S/C10H14O.C3H4O2/c1-2-3-9-11-10-7-5-4-6-8-10;4-1-3-2-5-3/h4-8H,2-3,9H2,1H3;1,3H,2H2. The van der Waals surface area contributed by atoms with Gasteiger partial charge in [-0.1, -0.05) is 31.5 Å².